The molecule has 0 aromatic heterocycles. The Kier molecular flexibility index (Phi) is 478. The number of rotatable bonds is 10. The highest BCUT2D eigenvalue weighted by molar-refractivity contribution is 5.91. The van der Waals surface area contributed by atoms with E-state index in [1.54, 1.807) is 27.8 Å². The second-order valence-corrected chi connectivity index (χ2v) is 17.0. The molecule has 0 saturated carbocycles. The van der Waals surface area contributed by atoms with Crippen LogP contribution in [0.5, 0.6) is 0 Å². The van der Waals surface area contributed by atoms with Gasteiger partial charge in [0.05, 0.1) is 0 Å². The third kappa shape index (κ3) is 275. The number of aliphatic hydroxyl groups is 1. The molecule has 0 spiro atoms. The van der Waals surface area contributed by atoms with Crippen molar-refractivity contribution in [3.05, 3.63) is 71.8 Å². The Morgan fingerprint density at radius 1 is 0.426 bits per heavy atom. The van der Waals surface area contributed by atoms with Crippen molar-refractivity contribution in [2.75, 3.05) is 55.4 Å². The smallest absolute Gasteiger partial charge is 0.244 e. The number of nitrogens with one attached hydrogen (secondary N) is 1. The van der Waals surface area contributed by atoms with Crippen molar-refractivity contribution in [3.63, 3.8) is 0 Å². The Bertz CT molecular complexity index is 1360. The van der Waals surface area contributed by atoms with Gasteiger partial charge in [-0.15, -0.1) is 0 Å². The van der Waals surface area contributed by atoms with Crippen LogP contribution in [-0.4, -0.2) is 181 Å². The number of piperidine rings is 1. The van der Waals surface area contributed by atoms with Crippen LogP contribution in [0, 0.1) is 23.7 Å². The fraction of sp³-hybridized carbons (Fsp3) is 0.639. The van der Waals surface area contributed by atoms with Crippen LogP contribution in [-0.2, 0) is 80.0 Å². The summed E-state index contributed by atoms with van der Waals surface area (Å²) in [5.74, 6) is 2.95. The van der Waals surface area contributed by atoms with Crippen molar-refractivity contribution >= 4 is 92.4 Å². The molecular formula is C72H176N14O15. The number of carbonyl (C=O) groups is 14. The number of hydrogen-bond acceptors (Lipinski definition) is 26. The molecule has 1 fully saturated rings. The zero-order chi connectivity index (χ0) is 82.9. The maximum absolute atomic E-state index is 12.8. The minimum atomic E-state index is -0.647. The third-order valence-corrected chi connectivity index (χ3v) is 8.64. The molecule has 0 unspecified atom stereocenters. The Labute approximate surface area is 622 Å². The number of carbonyl (C=O) groups excluding carboxylic acids is 14. The van der Waals surface area contributed by atoms with E-state index in [0.717, 1.165) is 68.0 Å². The number of aliphatic hydroxyl groups excluding tert-OH is 1. The zero-order valence-electron chi connectivity index (χ0n) is 70.9. The van der Waals surface area contributed by atoms with E-state index < -0.39 is 12.1 Å². The average molecular weight is 1480 g/mol. The summed E-state index contributed by atoms with van der Waals surface area (Å²) in [6.07, 6.45) is 8.47. The summed E-state index contributed by atoms with van der Waals surface area (Å²) >= 11 is 0. The van der Waals surface area contributed by atoms with Gasteiger partial charge in [0.15, 0.2) is 0 Å². The van der Waals surface area contributed by atoms with E-state index in [1.165, 1.54) is 71.9 Å². The van der Waals surface area contributed by atoms with Gasteiger partial charge < -0.3 is 139 Å². The lowest BCUT2D eigenvalue weighted by Gasteiger charge is -2.31. The van der Waals surface area contributed by atoms with Crippen LogP contribution < -0.4 is 70.9 Å². The number of nitrogens with zero attached hydrogens (tertiary/aromatic N) is 2. The predicted octanol–water partition coefficient (Wildman–Crippen LogP) is 11.9. The fourth-order valence-electron chi connectivity index (χ4n) is 3.94. The van der Waals surface area contributed by atoms with Gasteiger partial charge in [-0.3, -0.25) is 14.4 Å². The van der Waals surface area contributed by atoms with Gasteiger partial charge in [-0.2, -0.15) is 0 Å². The first-order valence-electron chi connectivity index (χ1n) is 31.3. The zero-order valence-corrected chi connectivity index (χ0v) is 70.9. The van der Waals surface area contributed by atoms with Crippen molar-refractivity contribution in [3.8, 4) is 0 Å². The van der Waals surface area contributed by atoms with Crippen LogP contribution >= 0.6 is 0 Å². The Morgan fingerprint density at radius 3 is 0.772 bits per heavy atom. The Morgan fingerprint density at radius 2 is 0.614 bits per heavy atom. The number of likely N-dealkylation sites (N-methyl/N-ethyl adjacent to an activating group) is 1. The SMILES string of the molecule is C=O.C=O.C=O.C=O.C=O.C=O.C=O.C=O.C=O.C=O.C=O.CC.CC.CC.CC(=O)N(C)[C@@H](Cc1ccccc1)C(=O)N[C@@H](C)C(=O)N1CCCCC1.CC(C)C.CC(C)O.CCC(C)C.CCC(C)C.CCC(C)C.CCc1ccccc1.CN.CN.CN.CN.CN.N.N.N.N.N.N. The largest absolute Gasteiger partial charge is 0.394 e. The van der Waals surface area contributed by atoms with Crippen LogP contribution in [0.15, 0.2) is 60.7 Å². The molecule has 30 N–H and O–H groups in total. The second kappa shape index (κ2) is 251. The number of likely N-dealkylation sites (tertiary alicyclic amines) is 1. The molecule has 2 aromatic rings. The molecule has 2 atom stereocenters. The van der Waals surface area contributed by atoms with E-state index in [1.807, 2.05) is 158 Å². The lowest BCUT2D eigenvalue weighted by atomic mass is 10.0. The van der Waals surface area contributed by atoms with Gasteiger partial charge in [-0.05, 0) is 116 Å². The van der Waals surface area contributed by atoms with E-state index in [0.29, 0.717) is 6.42 Å². The molecule has 1 aliphatic rings. The monoisotopic (exact) mass is 1480 g/mol. The maximum Gasteiger partial charge on any atom is 0.244 e. The lowest BCUT2D eigenvalue weighted by molar-refractivity contribution is -0.140. The highest BCUT2D eigenvalue weighted by atomic mass is 16.3. The Balaban J connectivity index is -0.0000000220. The molecule has 0 radical (unpaired) electrons. The van der Waals surface area contributed by atoms with Crippen LogP contribution in [0.25, 0.3) is 0 Å². The molecule has 101 heavy (non-hydrogen) atoms. The summed E-state index contributed by atoms with van der Waals surface area (Å²) in [6, 6.07) is 18.8. The van der Waals surface area contributed by atoms with Gasteiger partial charge in [-0.25, -0.2) is 0 Å². The van der Waals surface area contributed by atoms with E-state index in [9.17, 15) is 14.4 Å². The van der Waals surface area contributed by atoms with Gasteiger partial charge >= 0.3 is 0 Å². The van der Waals surface area contributed by atoms with Gasteiger partial charge in [0.2, 0.25) is 17.7 Å². The lowest BCUT2D eigenvalue weighted by Crippen LogP contribution is -2.54. The summed E-state index contributed by atoms with van der Waals surface area (Å²) in [5.41, 5.74) is 24.9. The molecule has 2 aromatic carbocycles. The molecule has 624 valence electrons. The number of aryl methyl sites for hydroxylation is 1. The van der Waals surface area contributed by atoms with Crippen LogP contribution in [0.3, 0.4) is 0 Å². The predicted molar refractivity (Wildman–Crippen MR) is 443 cm³/mol. The molecule has 29 nitrogen and oxygen atoms in total. The summed E-state index contributed by atoms with van der Waals surface area (Å²) < 4.78 is 0. The molecule has 0 bridgehead atoms. The third-order valence-electron chi connectivity index (χ3n) is 8.64. The molecule has 1 saturated heterocycles. The van der Waals surface area contributed by atoms with Crippen molar-refractivity contribution in [1.29, 1.82) is 0 Å². The number of amides is 3. The highest BCUT2D eigenvalue weighted by Crippen LogP contribution is 2.12. The molecule has 3 amide bonds. The normalized spacial score (nSPS) is 8.02. The van der Waals surface area contributed by atoms with Crippen molar-refractivity contribution in [2.45, 2.75) is 229 Å². The molecule has 3 rings (SSSR count). The number of benzene rings is 2. The van der Waals surface area contributed by atoms with Gasteiger partial charge in [-0.1, -0.05) is 211 Å². The molecule has 1 aliphatic heterocycles. The first kappa shape index (κ1) is 192. The quantitative estimate of drug-likeness (QED) is 0.105. The summed E-state index contributed by atoms with van der Waals surface area (Å²) in [7, 11) is 9.12. The topological polar surface area (TPSA) is 618 Å². The Hall–Kier alpha value is -7.26. The number of nitrogens with two attached hydrogens (primary N) is 5. The summed E-state index contributed by atoms with van der Waals surface area (Å²) in [5, 5.41) is 10.9. The van der Waals surface area contributed by atoms with Gasteiger partial charge in [0, 0.05) is 39.6 Å². The molecular weight excluding hydrogens is 1300 g/mol. The molecule has 0 aliphatic carbocycles. The first-order chi connectivity index (χ1) is 45.6. The second-order valence-electron chi connectivity index (χ2n) is 17.0. The van der Waals surface area contributed by atoms with Crippen molar-refractivity contribution in [1.82, 2.24) is 52.0 Å². The van der Waals surface area contributed by atoms with Crippen LogP contribution in [0.2, 0.25) is 0 Å². The van der Waals surface area contributed by atoms with Crippen LogP contribution in [0.4, 0.5) is 0 Å². The van der Waals surface area contributed by atoms with Gasteiger partial charge in [0.1, 0.15) is 86.8 Å². The summed E-state index contributed by atoms with van der Waals surface area (Å²) in [4.78, 5) is 128. The van der Waals surface area contributed by atoms with E-state index >= 15 is 0 Å². The standard InChI is InChI=1S/C20H29N3O3.C8H10.3C5H12.C4H10.C3H8O.3C2H6.5CH5N.11CH2O.6H3N/c1-15(20(26)23-12-8-5-9-13-23)21-19(25)18(22(3)16(2)24)14-17-10-6-4-7-11-17;1-2-8-6-4-3-5-7-8;3*1-4-5(2)3;1-4(2)3;1-3(2)4;19*1-2;;;;;;/h4,6-7,10-11,15,18H,5,8-9,12-14H2,1-3H3,(H,21,25);3-7H,2H2,1H3;3*5H,4H2,1-3H3;4H,1-3H3;3-4H,1-2H3;3*1-2H3;5*2H2,1H3;11*1H2;6*1H3/t15-,18-;;;;;;;;;;;;;;;;;;;;;;;;;;;;;;;/m0.............................../s1. The average Bonchev–Trinajstić information content (AvgIpc) is 0.871. The molecule has 29 heteroatoms. The maximum atomic E-state index is 12.8. The van der Waals surface area contributed by atoms with E-state index in [4.69, 9.17) is 57.8 Å². The van der Waals surface area contributed by atoms with Crippen molar-refractivity contribution < 1.29 is 72.2 Å². The minimum absolute atomic E-state index is 0. The highest BCUT2D eigenvalue weighted by Gasteiger charge is 2.29. The van der Waals surface area contributed by atoms with E-state index in [2.05, 4.69) is 148 Å². The number of hydrogen-bond donors (Lipinski definition) is 13. The minimum Gasteiger partial charge on any atom is -0.394 e. The van der Waals surface area contributed by atoms with Crippen LogP contribution in [0.1, 0.15) is 209 Å². The molecule has 1 heterocycles. The van der Waals surface area contributed by atoms with Gasteiger partial charge in [0.25, 0.3) is 0 Å². The summed E-state index contributed by atoms with van der Waals surface area (Å²) in [6.45, 7) is 70.7. The van der Waals surface area contributed by atoms with E-state index in [-0.39, 0.29) is 60.7 Å². The first-order valence-corrected chi connectivity index (χ1v) is 31.3. The van der Waals surface area contributed by atoms with Crippen molar-refractivity contribution in [2.24, 2.45) is 52.3 Å². The fourth-order valence-corrected chi connectivity index (χ4v) is 3.94.